The summed E-state index contributed by atoms with van der Waals surface area (Å²) >= 11 is 1.92. The molecule has 0 heterocycles. The molecule has 0 aromatic rings. The molecule has 0 bridgehead atoms. The van der Waals surface area contributed by atoms with Gasteiger partial charge in [0.25, 0.3) is 0 Å². The summed E-state index contributed by atoms with van der Waals surface area (Å²) in [7, 11) is 2.20. The monoisotopic (exact) mass is 219 g/mol. The topological polar surface area (TPSA) is 23.5 Å². The van der Waals surface area contributed by atoms with Gasteiger partial charge in [0, 0.05) is 12.6 Å². The molecule has 86 valence electrons. The quantitative estimate of drug-likeness (QED) is 0.602. The molecule has 14 heavy (non-hydrogen) atoms. The van der Waals surface area contributed by atoms with E-state index < -0.39 is 0 Å². The van der Waals surface area contributed by atoms with Gasteiger partial charge >= 0.3 is 0 Å². The Kier molecular flexibility index (Phi) is 10.0. The zero-order chi connectivity index (χ0) is 10.8. The van der Waals surface area contributed by atoms with Crippen LogP contribution in [0.1, 0.15) is 32.6 Å². The van der Waals surface area contributed by atoms with Gasteiger partial charge in [0.1, 0.15) is 0 Å². The van der Waals surface area contributed by atoms with Gasteiger partial charge in [-0.1, -0.05) is 0 Å². The summed E-state index contributed by atoms with van der Waals surface area (Å²) in [5, 5.41) is 8.64. The van der Waals surface area contributed by atoms with E-state index in [4.69, 9.17) is 5.11 Å². The lowest BCUT2D eigenvalue weighted by Crippen LogP contribution is -2.30. The first-order valence-electron chi connectivity index (χ1n) is 5.52. The fourth-order valence-electron chi connectivity index (χ4n) is 1.38. The van der Waals surface area contributed by atoms with Crippen molar-refractivity contribution in [3.05, 3.63) is 0 Å². The lowest BCUT2D eigenvalue weighted by Gasteiger charge is -2.24. The van der Waals surface area contributed by atoms with Crippen molar-refractivity contribution in [2.24, 2.45) is 0 Å². The first-order valence-corrected chi connectivity index (χ1v) is 6.91. The second-order valence-corrected chi connectivity index (χ2v) is 4.88. The Morgan fingerprint density at radius 2 is 2.00 bits per heavy atom. The Balaban J connectivity index is 3.36. The van der Waals surface area contributed by atoms with Crippen molar-refractivity contribution in [3.63, 3.8) is 0 Å². The molecular weight excluding hydrogens is 194 g/mol. The number of thioether (sulfide) groups is 1. The summed E-state index contributed by atoms with van der Waals surface area (Å²) < 4.78 is 0. The van der Waals surface area contributed by atoms with Crippen LogP contribution < -0.4 is 0 Å². The van der Waals surface area contributed by atoms with E-state index in [1.807, 2.05) is 11.8 Å². The van der Waals surface area contributed by atoms with E-state index in [9.17, 15) is 0 Å². The second kappa shape index (κ2) is 9.81. The maximum absolute atomic E-state index is 8.64. The molecule has 1 N–H and O–H groups in total. The summed E-state index contributed by atoms with van der Waals surface area (Å²) in [6.45, 7) is 3.80. The molecule has 0 saturated heterocycles. The Labute approximate surface area is 93.1 Å². The van der Waals surface area contributed by atoms with Crippen LogP contribution in [0.5, 0.6) is 0 Å². The van der Waals surface area contributed by atoms with Crippen molar-refractivity contribution >= 4 is 11.8 Å². The number of aliphatic hydroxyl groups excluding tert-OH is 1. The Morgan fingerprint density at radius 3 is 2.57 bits per heavy atom. The predicted octanol–water partition coefficient (Wildman–Crippen LogP) is 2.22. The average molecular weight is 219 g/mol. The molecular formula is C11H25NOS. The highest BCUT2D eigenvalue weighted by Crippen LogP contribution is 2.07. The molecule has 3 heteroatoms. The van der Waals surface area contributed by atoms with Crippen LogP contribution in [0.3, 0.4) is 0 Å². The van der Waals surface area contributed by atoms with Gasteiger partial charge in [-0.3, -0.25) is 0 Å². The molecule has 0 saturated carbocycles. The van der Waals surface area contributed by atoms with Crippen molar-refractivity contribution in [2.75, 3.05) is 32.2 Å². The third-order valence-electron chi connectivity index (χ3n) is 2.66. The number of hydrogen-bond donors (Lipinski definition) is 1. The molecule has 0 fully saturated rings. The highest BCUT2D eigenvalue weighted by atomic mass is 32.2. The first kappa shape index (κ1) is 14.3. The summed E-state index contributed by atoms with van der Waals surface area (Å²) in [5.74, 6) is 1.25. The fourth-order valence-corrected chi connectivity index (χ4v) is 1.96. The fraction of sp³-hybridized carbons (Fsp3) is 1.00. The summed E-state index contributed by atoms with van der Waals surface area (Å²) in [6, 6.07) is 0.691. The highest BCUT2D eigenvalue weighted by Gasteiger charge is 2.07. The molecule has 0 aliphatic heterocycles. The maximum Gasteiger partial charge on any atom is 0.0431 e. The van der Waals surface area contributed by atoms with Gasteiger partial charge in [0.15, 0.2) is 0 Å². The van der Waals surface area contributed by atoms with Crippen molar-refractivity contribution in [2.45, 2.75) is 38.6 Å². The lowest BCUT2D eigenvalue weighted by atomic mass is 10.2. The number of nitrogens with zero attached hydrogens (tertiary/aromatic N) is 1. The normalized spacial score (nSPS) is 13.5. The number of hydrogen-bond acceptors (Lipinski definition) is 3. The SMILES string of the molecule is CSCCC(C)N(C)CCCCCO. The molecule has 0 spiro atoms. The first-order chi connectivity index (χ1) is 6.72. The van der Waals surface area contributed by atoms with Crippen LogP contribution in [0.2, 0.25) is 0 Å². The van der Waals surface area contributed by atoms with E-state index in [0.29, 0.717) is 12.6 Å². The molecule has 0 aromatic heterocycles. The molecule has 0 radical (unpaired) electrons. The molecule has 1 atom stereocenters. The van der Waals surface area contributed by atoms with Gasteiger partial charge in [0.05, 0.1) is 0 Å². The minimum absolute atomic E-state index is 0.339. The van der Waals surface area contributed by atoms with Crippen LogP contribution in [-0.2, 0) is 0 Å². The summed E-state index contributed by atoms with van der Waals surface area (Å²) in [5.41, 5.74) is 0. The van der Waals surface area contributed by atoms with Gasteiger partial charge in [0.2, 0.25) is 0 Å². The van der Waals surface area contributed by atoms with Crippen LogP contribution in [0.25, 0.3) is 0 Å². The van der Waals surface area contributed by atoms with E-state index >= 15 is 0 Å². The van der Waals surface area contributed by atoms with Gasteiger partial charge in [-0.25, -0.2) is 0 Å². The predicted molar refractivity (Wildman–Crippen MR) is 66.0 cm³/mol. The van der Waals surface area contributed by atoms with E-state index in [-0.39, 0.29) is 0 Å². The van der Waals surface area contributed by atoms with E-state index in [2.05, 4.69) is 25.1 Å². The second-order valence-electron chi connectivity index (χ2n) is 3.90. The van der Waals surface area contributed by atoms with Crippen LogP contribution in [-0.4, -0.2) is 48.3 Å². The van der Waals surface area contributed by atoms with Crippen LogP contribution in [0.15, 0.2) is 0 Å². The number of aliphatic hydroxyl groups is 1. The van der Waals surface area contributed by atoms with Gasteiger partial charge < -0.3 is 10.0 Å². The molecule has 0 amide bonds. The molecule has 0 rings (SSSR count). The molecule has 0 aromatic carbocycles. The van der Waals surface area contributed by atoms with Crippen LogP contribution >= 0.6 is 11.8 Å². The van der Waals surface area contributed by atoms with Gasteiger partial charge in [-0.15, -0.1) is 0 Å². The molecule has 0 aliphatic carbocycles. The molecule has 0 aliphatic rings. The van der Waals surface area contributed by atoms with E-state index in [1.54, 1.807) is 0 Å². The van der Waals surface area contributed by atoms with Crippen molar-refractivity contribution in [1.82, 2.24) is 4.90 Å². The Morgan fingerprint density at radius 1 is 1.29 bits per heavy atom. The Bertz CT molecular complexity index is 122. The van der Waals surface area contributed by atoms with Crippen molar-refractivity contribution < 1.29 is 5.11 Å². The average Bonchev–Trinajstić information content (AvgIpc) is 2.20. The Hall–Kier alpha value is 0.270. The zero-order valence-corrected chi connectivity index (χ0v) is 10.6. The lowest BCUT2D eigenvalue weighted by molar-refractivity contribution is 0.238. The molecule has 2 nitrogen and oxygen atoms in total. The van der Waals surface area contributed by atoms with Crippen molar-refractivity contribution in [3.8, 4) is 0 Å². The summed E-state index contributed by atoms with van der Waals surface area (Å²) in [6.07, 6.45) is 6.75. The van der Waals surface area contributed by atoms with E-state index in [1.165, 1.54) is 18.6 Å². The minimum Gasteiger partial charge on any atom is -0.396 e. The van der Waals surface area contributed by atoms with Crippen LogP contribution in [0.4, 0.5) is 0 Å². The minimum atomic E-state index is 0.339. The van der Waals surface area contributed by atoms with E-state index in [0.717, 1.165) is 19.4 Å². The number of unbranched alkanes of at least 4 members (excludes halogenated alkanes) is 2. The molecule has 1 unspecified atom stereocenters. The third kappa shape index (κ3) is 7.65. The largest absolute Gasteiger partial charge is 0.396 e. The van der Waals surface area contributed by atoms with Gasteiger partial charge in [-0.2, -0.15) is 11.8 Å². The zero-order valence-electron chi connectivity index (χ0n) is 9.83. The number of rotatable bonds is 9. The van der Waals surface area contributed by atoms with Crippen molar-refractivity contribution in [1.29, 1.82) is 0 Å². The van der Waals surface area contributed by atoms with Gasteiger partial charge in [-0.05, 0) is 58.2 Å². The van der Waals surface area contributed by atoms with Crippen LogP contribution in [0, 0.1) is 0 Å². The standard InChI is InChI=1S/C11H25NOS/c1-11(7-10-14-3)12(2)8-5-4-6-9-13/h11,13H,4-10H2,1-3H3. The maximum atomic E-state index is 8.64. The summed E-state index contributed by atoms with van der Waals surface area (Å²) in [4.78, 5) is 2.42. The third-order valence-corrected chi connectivity index (χ3v) is 3.31. The highest BCUT2D eigenvalue weighted by molar-refractivity contribution is 7.98. The smallest absolute Gasteiger partial charge is 0.0431 e.